The lowest BCUT2D eigenvalue weighted by Crippen LogP contribution is -2.48. The smallest absolute Gasteiger partial charge is 0.240 e. The molecule has 29 heavy (non-hydrogen) atoms. The van der Waals surface area contributed by atoms with Gasteiger partial charge in [0.05, 0.1) is 23.6 Å². The van der Waals surface area contributed by atoms with E-state index in [9.17, 15) is 14.4 Å². The maximum Gasteiger partial charge on any atom is 0.240 e. The summed E-state index contributed by atoms with van der Waals surface area (Å²) in [6.07, 6.45) is 3.87. The van der Waals surface area contributed by atoms with Gasteiger partial charge in [-0.25, -0.2) is 4.90 Å². The summed E-state index contributed by atoms with van der Waals surface area (Å²) in [5.74, 6) is -2.25. The second-order valence-corrected chi connectivity index (χ2v) is 8.44. The Labute approximate surface area is 177 Å². The fraction of sp³-hybridized carbons (Fsp3) is 0.227. The third-order valence-corrected chi connectivity index (χ3v) is 6.37. The van der Waals surface area contributed by atoms with Crippen molar-refractivity contribution < 1.29 is 14.4 Å². The molecule has 2 fully saturated rings. The van der Waals surface area contributed by atoms with Gasteiger partial charge in [0.2, 0.25) is 11.8 Å². The number of carbonyl (C=O) groups excluding carboxylic acids is 3. The van der Waals surface area contributed by atoms with E-state index in [0.717, 1.165) is 16.2 Å². The summed E-state index contributed by atoms with van der Waals surface area (Å²) < 4.78 is 0. The highest BCUT2D eigenvalue weighted by Gasteiger charge is 2.63. The van der Waals surface area contributed by atoms with E-state index in [1.54, 1.807) is 6.07 Å². The zero-order valence-electron chi connectivity index (χ0n) is 15.4. The minimum atomic E-state index is -0.751. The van der Waals surface area contributed by atoms with E-state index in [0.29, 0.717) is 15.7 Å². The number of para-hydroxylation sites is 1. The fourth-order valence-corrected chi connectivity index (χ4v) is 5.41. The topological polar surface area (TPSA) is 57.7 Å². The summed E-state index contributed by atoms with van der Waals surface area (Å²) in [4.78, 5) is 42.5. The van der Waals surface area contributed by atoms with Crippen molar-refractivity contribution in [3.05, 3.63) is 64.1 Å². The van der Waals surface area contributed by atoms with Crippen LogP contribution in [0.4, 0.5) is 11.4 Å². The van der Waals surface area contributed by atoms with Crippen LogP contribution in [0.5, 0.6) is 0 Å². The lowest BCUT2D eigenvalue weighted by molar-refractivity contribution is -0.126. The van der Waals surface area contributed by atoms with Crippen molar-refractivity contribution in [1.82, 2.24) is 0 Å². The van der Waals surface area contributed by atoms with Crippen molar-refractivity contribution in [2.75, 3.05) is 9.80 Å². The Morgan fingerprint density at radius 3 is 2.31 bits per heavy atom. The minimum absolute atomic E-state index is 0.139. The second kappa shape index (κ2) is 6.44. The molecule has 0 saturated carbocycles. The molecule has 0 radical (unpaired) electrons. The van der Waals surface area contributed by atoms with E-state index < -0.39 is 17.9 Å². The van der Waals surface area contributed by atoms with Gasteiger partial charge in [-0.05, 0) is 36.8 Å². The number of hydrogen-bond acceptors (Lipinski definition) is 4. The molecule has 3 aliphatic rings. The number of carbonyl (C=O) groups is 3. The first-order chi connectivity index (χ1) is 13.9. The molecule has 5 rings (SSSR count). The molecule has 0 aromatic heterocycles. The fourth-order valence-electron chi connectivity index (χ4n) is 4.90. The van der Waals surface area contributed by atoms with Crippen molar-refractivity contribution in [1.29, 1.82) is 0 Å². The number of amides is 2. The summed E-state index contributed by atoms with van der Waals surface area (Å²) >= 11 is 12.2. The van der Waals surface area contributed by atoms with E-state index >= 15 is 0 Å². The van der Waals surface area contributed by atoms with Crippen molar-refractivity contribution in [2.24, 2.45) is 11.8 Å². The second-order valence-electron chi connectivity index (χ2n) is 7.56. The molecule has 5 nitrogen and oxygen atoms in total. The largest absolute Gasteiger partial charge is 0.353 e. The van der Waals surface area contributed by atoms with Gasteiger partial charge in [0.1, 0.15) is 6.04 Å². The quantitative estimate of drug-likeness (QED) is 0.681. The molecular formula is C22H16Cl2N2O3. The van der Waals surface area contributed by atoms with Gasteiger partial charge in [-0.1, -0.05) is 53.6 Å². The molecule has 0 bridgehead atoms. The third kappa shape index (κ3) is 2.57. The van der Waals surface area contributed by atoms with Crippen LogP contribution >= 0.6 is 23.2 Å². The van der Waals surface area contributed by atoms with Crippen LogP contribution in [0.1, 0.15) is 12.5 Å². The SMILES string of the molecule is CC(=O)C1C2C(=O)N(c3cc(Cl)cc(Cl)c3)C(=O)C2C2C=Cc3ccccc3N21. The predicted molar refractivity (Wildman–Crippen MR) is 112 cm³/mol. The van der Waals surface area contributed by atoms with Gasteiger partial charge in [0.15, 0.2) is 5.78 Å². The Kier molecular flexibility index (Phi) is 4.09. The number of rotatable bonds is 2. The summed E-state index contributed by atoms with van der Waals surface area (Å²) in [7, 11) is 0. The van der Waals surface area contributed by atoms with Gasteiger partial charge in [-0.15, -0.1) is 0 Å². The van der Waals surface area contributed by atoms with Crippen LogP contribution in [0.3, 0.4) is 0 Å². The molecule has 7 heteroatoms. The summed E-state index contributed by atoms with van der Waals surface area (Å²) in [5.41, 5.74) is 2.17. The Morgan fingerprint density at radius 1 is 0.966 bits per heavy atom. The standard InChI is InChI=1S/C22H16Cl2N2O3/c1-11(27)20-19-18(17-7-6-12-4-2-3-5-16(12)26(17)20)21(28)25(22(19)29)15-9-13(23)8-14(24)10-15/h2-10,17-20H,1H3. The van der Waals surface area contributed by atoms with Crippen LogP contribution in [-0.4, -0.2) is 29.7 Å². The molecule has 3 aliphatic heterocycles. The molecule has 4 atom stereocenters. The molecule has 146 valence electrons. The average molecular weight is 427 g/mol. The van der Waals surface area contributed by atoms with Crippen LogP contribution in [0.25, 0.3) is 6.08 Å². The Bertz CT molecular complexity index is 1090. The molecular weight excluding hydrogens is 411 g/mol. The van der Waals surface area contributed by atoms with Gasteiger partial charge in [0.25, 0.3) is 0 Å². The number of Topliss-reactive ketones (excluding diaryl/α,β-unsaturated/α-hetero) is 1. The van der Waals surface area contributed by atoms with Crippen LogP contribution in [-0.2, 0) is 14.4 Å². The maximum atomic E-state index is 13.4. The summed E-state index contributed by atoms with van der Waals surface area (Å²) in [6, 6.07) is 11.2. The van der Waals surface area contributed by atoms with Gasteiger partial charge < -0.3 is 4.90 Å². The number of halogens is 2. The van der Waals surface area contributed by atoms with E-state index in [1.807, 2.05) is 41.3 Å². The highest BCUT2D eigenvalue weighted by Crippen LogP contribution is 2.49. The normalized spacial score (nSPS) is 27.1. The molecule has 2 saturated heterocycles. The number of benzene rings is 2. The average Bonchev–Trinajstić information content (AvgIpc) is 3.14. The number of anilines is 2. The van der Waals surface area contributed by atoms with Gasteiger partial charge in [-0.3, -0.25) is 14.4 Å². The summed E-state index contributed by atoms with van der Waals surface area (Å²) in [6.45, 7) is 1.47. The van der Waals surface area contributed by atoms with Crippen molar-refractivity contribution >= 4 is 58.3 Å². The van der Waals surface area contributed by atoms with Crippen LogP contribution in [0.2, 0.25) is 10.0 Å². The van der Waals surface area contributed by atoms with Gasteiger partial charge in [-0.2, -0.15) is 0 Å². The van der Waals surface area contributed by atoms with Gasteiger partial charge in [0, 0.05) is 15.7 Å². The number of fused-ring (bicyclic) bond motifs is 5. The zero-order chi connectivity index (χ0) is 20.4. The first-order valence-electron chi connectivity index (χ1n) is 9.28. The molecule has 2 aromatic rings. The van der Waals surface area contributed by atoms with Crippen LogP contribution < -0.4 is 9.80 Å². The highest BCUT2D eigenvalue weighted by molar-refractivity contribution is 6.36. The molecule has 2 aromatic carbocycles. The molecule has 0 spiro atoms. The number of hydrogen-bond donors (Lipinski definition) is 0. The third-order valence-electron chi connectivity index (χ3n) is 5.94. The minimum Gasteiger partial charge on any atom is -0.353 e. The molecule has 3 heterocycles. The predicted octanol–water partition coefficient (Wildman–Crippen LogP) is 3.97. The zero-order valence-corrected chi connectivity index (χ0v) is 16.9. The summed E-state index contributed by atoms with van der Waals surface area (Å²) in [5, 5.41) is 0.669. The Balaban J connectivity index is 1.63. The van der Waals surface area contributed by atoms with Gasteiger partial charge >= 0.3 is 0 Å². The molecule has 4 unspecified atom stereocenters. The van der Waals surface area contributed by atoms with E-state index in [-0.39, 0.29) is 23.6 Å². The van der Waals surface area contributed by atoms with Crippen molar-refractivity contribution in [2.45, 2.75) is 19.0 Å². The lowest BCUT2D eigenvalue weighted by Gasteiger charge is -2.36. The molecule has 0 aliphatic carbocycles. The Hall–Kier alpha value is -2.63. The molecule has 2 amide bonds. The van der Waals surface area contributed by atoms with E-state index in [1.165, 1.54) is 19.1 Å². The molecule has 0 N–H and O–H groups in total. The van der Waals surface area contributed by atoms with E-state index in [2.05, 4.69) is 0 Å². The number of nitrogens with zero attached hydrogens (tertiary/aromatic N) is 2. The number of ketones is 1. The lowest BCUT2D eigenvalue weighted by atomic mass is 9.88. The Morgan fingerprint density at radius 2 is 1.62 bits per heavy atom. The van der Waals surface area contributed by atoms with E-state index in [4.69, 9.17) is 23.2 Å². The maximum absolute atomic E-state index is 13.4. The first kappa shape index (κ1) is 18.4. The van der Waals surface area contributed by atoms with Crippen LogP contribution in [0.15, 0.2) is 48.5 Å². The number of imide groups is 1. The van der Waals surface area contributed by atoms with Crippen molar-refractivity contribution in [3.8, 4) is 0 Å². The van der Waals surface area contributed by atoms with Crippen LogP contribution in [0, 0.1) is 11.8 Å². The first-order valence-corrected chi connectivity index (χ1v) is 10.0. The van der Waals surface area contributed by atoms with Crippen molar-refractivity contribution in [3.63, 3.8) is 0 Å². The monoisotopic (exact) mass is 426 g/mol. The highest BCUT2D eigenvalue weighted by atomic mass is 35.5.